The van der Waals surface area contributed by atoms with Crippen molar-refractivity contribution in [2.24, 2.45) is 0 Å². The van der Waals surface area contributed by atoms with Crippen molar-refractivity contribution in [3.05, 3.63) is 59.1 Å². The Morgan fingerprint density at radius 1 is 1.11 bits per heavy atom. The van der Waals surface area contributed by atoms with Gasteiger partial charge in [-0.05, 0) is 43.2 Å². The van der Waals surface area contributed by atoms with E-state index >= 15 is 0 Å². The van der Waals surface area contributed by atoms with Crippen LogP contribution in [0.25, 0.3) is 0 Å². The second-order valence-electron chi connectivity index (χ2n) is 6.60. The molecule has 0 radical (unpaired) electrons. The molecule has 2 aromatic carbocycles. The Kier molecular flexibility index (Phi) is 6.32. The Balaban J connectivity index is 1.45. The third-order valence-corrected chi connectivity index (χ3v) is 4.79. The summed E-state index contributed by atoms with van der Waals surface area (Å²) in [5.41, 5.74) is 0.957. The maximum atomic E-state index is 12.3. The van der Waals surface area contributed by atoms with Crippen LogP contribution in [-0.4, -0.2) is 47.5 Å². The lowest BCUT2D eigenvalue weighted by molar-refractivity contribution is -0.117. The summed E-state index contributed by atoms with van der Waals surface area (Å²) >= 11 is 5.89. The van der Waals surface area contributed by atoms with Gasteiger partial charge in [-0.15, -0.1) is 0 Å². The lowest BCUT2D eigenvalue weighted by Crippen LogP contribution is -2.46. The molecule has 7 heteroatoms. The first kappa shape index (κ1) is 19.2. The van der Waals surface area contributed by atoms with Crippen molar-refractivity contribution in [2.45, 2.75) is 18.9 Å². The molecule has 3 N–H and O–H groups in total. The zero-order valence-corrected chi connectivity index (χ0v) is 15.6. The first-order chi connectivity index (χ1) is 13.0. The van der Waals surface area contributed by atoms with Crippen molar-refractivity contribution in [3.8, 4) is 5.75 Å². The Labute approximate surface area is 163 Å². The molecule has 2 amide bonds. The molecule has 1 aliphatic heterocycles. The van der Waals surface area contributed by atoms with E-state index in [9.17, 15) is 14.7 Å². The van der Waals surface area contributed by atoms with E-state index in [4.69, 9.17) is 11.6 Å². The largest absolute Gasteiger partial charge is 0.507 e. The molecule has 0 aliphatic carbocycles. The molecule has 1 fully saturated rings. The van der Waals surface area contributed by atoms with Gasteiger partial charge in [0.15, 0.2) is 0 Å². The summed E-state index contributed by atoms with van der Waals surface area (Å²) in [6.07, 6.45) is 1.48. The average Bonchev–Trinajstić information content (AvgIpc) is 2.66. The van der Waals surface area contributed by atoms with Crippen LogP contribution in [0.2, 0.25) is 5.02 Å². The van der Waals surface area contributed by atoms with Gasteiger partial charge in [-0.1, -0.05) is 29.8 Å². The van der Waals surface area contributed by atoms with Crippen LogP contribution in [-0.2, 0) is 4.79 Å². The zero-order valence-electron chi connectivity index (χ0n) is 14.8. The standard InChI is InChI=1S/C20H22ClN3O3/c21-14-6-7-18(25)17(12-14)20(27)23-16-8-10-24(11-9-16)13-19(26)22-15-4-2-1-3-5-15/h1-7,12,16,25H,8-11,13H2,(H,22,26)(H,23,27). The Morgan fingerprint density at radius 2 is 1.81 bits per heavy atom. The molecule has 1 aliphatic rings. The fourth-order valence-electron chi connectivity index (χ4n) is 3.11. The molecular formula is C20H22ClN3O3. The van der Waals surface area contributed by atoms with Crippen LogP contribution in [0, 0.1) is 0 Å². The smallest absolute Gasteiger partial charge is 0.255 e. The van der Waals surface area contributed by atoms with Crippen molar-refractivity contribution in [3.63, 3.8) is 0 Å². The summed E-state index contributed by atoms with van der Waals surface area (Å²) in [7, 11) is 0. The minimum Gasteiger partial charge on any atom is -0.507 e. The molecule has 1 saturated heterocycles. The molecule has 0 unspecified atom stereocenters. The molecule has 2 aromatic rings. The van der Waals surface area contributed by atoms with E-state index in [2.05, 4.69) is 15.5 Å². The van der Waals surface area contributed by atoms with Gasteiger partial charge in [0.25, 0.3) is 5.91 Å². The molecule has 6 nitrogen and oxygen atoms in total. The quantitative estimate of drug-likeness (QED) is 0.736. The number of hydrogen-bond donors (Lipinski definition) is 3. The number of carbonyl (C=O) groups is 2. The minimum atomic E-state index is -0.338. The van der Waals surface area contributed by atoms with Crippen molar-refractivity contribution >= 4 is 29.1 Å². The lowest BCUT2D eigenvalue weighted by Gasteiger charge is -2.31. The first-order valence-corrected chi connectivity index (χ1v) is 9.25. The van der Waals surface area contributed by atoms with E-state index in [0.717, 1.165) is 18.5 Å². The van der Waals surface area contributed by atoms with Gasteiger partial charge in [-0.3, -0.25) is 14.5 Å². The Bertz CT molecular complexity index is 805. The van der Waals surface area contributed by atoms with Crippen LogP contribution < -0.4 is 10.6 Å². The highest BCUT2D eigenvalue weighted by atomic mass is 35.5. The number of phenols is 1. The van der Waals surface area contributed by atoms with Crippen LogP contribution in [0.1, 0.15) is 23.2 Å². The summed E-state index contributed by atoms with van der Waals surface area (Å²) in [6.45, 7) is 1.76. The van der Waals surface area contributed by atoms with E-state index in [0.29, 0.717) is 24.7 Å². The highest BCUT2D eigenvalue weighted by Gasteiger charge is 2.23. The third-order valence-electron chi connectivity index (χ3n) is 4.55. The molecule has 0 saturated carbocycles. The van der Waals surface area contributed by atoms with E-state index < -0.39 is 0 Å². The molecule has 3 rings (SSSR count). The number of nitrogens with one attached hydrogen (secondary N) is 2. The molecule has 0 spiro atoms. The lowest BCUT2D eigenvalue weighted by atomic mass is 10.0. The number of phenolic OH excluding ortho intramolecular Hbond substituents is 1. The van der Waals surface area contributed by atoms with Gasteiger partial charge in [0.05, 0.1) is 12.1 Å². The predicted molar refractivity (Wildman–Crippen MR) is 105 cm³/mol. The number of halogens is 1. The highest BCUT2D eigenvalue weighted by Crippen LogP contribution is 2.22. The van der Waals surface area contributed by atoms with E-state index in [1.54, 1.807) is 0 Å². The highest BCUT2D eigenvalue weighted by molar-refractivity contribution is 6.31. The number of carbonyl (C=O) groups excluding carboxylic acids is 2. The van der Waals surface area contributed by atoms with Gasteiger partial charge in [0, 0.05) is 29.8 Å². The summed E-state index contributed by atoms with van der Waals surface area (Å²) in [6, 6.07) is 13.8. The van der Waals surface area contributed by atoms with Gasteiger partial charge in [0.1, 0.15) is 5.75 Å². The molecule has 142 valence electrons. The number of anilines is 1. The van der Waals surface area contributed by atoms with E-state index in [1.807, 2.05) is 30.3 Å². The van der Waals surface area contributed by atoms with Gasteiger partial charge >= 0.3 is 0 Å². The van der Waals surface area contributed by atoms with Crippen molar-refractivity contribution in [2.75, 3.05) is 25.0 Å². The third kappa shape index (κ3) is 5.45. The van der Waals surface area contributed by atoms with Gasteiger partial charge in [0.2, 0.25) is 5.91 Å². The van der Waals surface area contributed by atoms with E-state index in [1.165, 1.54) is 18.2 Å². The fourth-order valence-corrected chi connectivity index (χ4v) is 3.29. The molecule has 0 bridgehead atoms. The van der Waals surface area contributed by atoms with Crippen molar-refractivity contribution < 1.29 is 14.7 Å². The maximum Gasteiger partial charge on any atom is 0.255 e. The first-order valence-electron chi connectivity index (χ1n) is 8.88. The van der Waals surface area contributed by atoms with Gasteiger partial charge < -0.3 is 15.7 Å². The van der Waals surface area contributed by atoms with Crippen molar-refractivity contribution in [1.82, 2.24) is 10.2 Å². The number of para-hydroxylation sites is 1. The second kappa shape index (κ2) is 8.88. The van der Waals surface area contributed by atoms with Crippen LogP contribution in [0.3, 0.4) is 0 Å². The normalized spacial score (nSPS) is 15.3. The van der Waals surface area contributed by atoms with Gasteiger partial charge in [-0.25, -0.2) is 0 Å². The number of rotatable bonds is 5. The molecule has 1 heterocycles. The minimum absolute atomic E-state index is 0.00400. The second-order valence-corrected chi connectivity index (χ2v) is 7.04. The predicted octanol–water partition coefficient (Wildman–Crippen LogP) is 2.88. The summed E-state index contributed by atoms with van der Waals surface area (Å²) in [4.78, 5) is 26.5. The number of amides is 2. The van der Waals surface area contributed by atoms with Crippen LogP contribution in [0.15, 0.2) is 48.5 Å². The molecule has 0 aromatic heterocycles. The monoisotopic (exact) mass is 387 g/mol. The Hall–Kier alpha value is -2.57. The topological polar surface area (TPSA) is 81.7 Å². The number of piperidine rings is 1. The van der Waals surface area contributed by atoms with Crippen LogP contribution in [0.5, 0.6) is 5.75 Å². The van der Waals surface area contributed by atoms with Gasteiger partial charge in [-0.2, -0.15) is 0 Å². The summed E-state index contributed by atoms with van der Waals surface area (Å²) in [5, 5.41) is 16.0. The molecular weight excluding hydrogens is 366 g/mol. The molecule has 0 atom stereocenters. The molecule has 27 heavy (non-hydrogen) atoms. The summed E-state index contributed by atoms with van der Waals surface area (Å²) in [5.74, 6) is -0.477. The SMILES string of the molecule is O=C(CN1CCC(NC(=O)c2cc(Cl)ccc2O)CC1)Nc1ccccc1. The maximum absolute atomic E-state index is 12.3. The average molecular weight is 388 g/mol. The number of likely N-dealkylation sites (tertiary alicyclic amines) is 1. The number of hydrogen-bond acceptors (Lipinski definition) is 4. The van der Waals surface area contributed by atoms with E-state index in [-0.39, 0.29) is 29.2 Å². The summed E-state index contributed by atoms with van der Waals surface area (Å²) < 4.78 is 0. The number of benzene rings is 2. The Morgan fingerprint density at radius 3 is 2.52 bits per heavy atom. The van der Waals surface area contributed by atoms with Crippen LogP contribution >= 0.6 is 11.6 Å². The number of aromatic hydroxyl groups is 1. The van der Waals surface area contributed by atoms with Crippen LogP contribution in [0.4, 0.5) is 5.69 Å². The number of nitrogens with zero attached hydrogens (tertiary/aromatic N) is 1. The zero-order chi connectivity index (χ0) is 19.2. The van der Waals surface area contributed by atoms with Crippen molar-refractivity contribution in [1.29, 1.82) is 0 Å². The fraction of sp³-hybridized carbons (Fsp3) is 0.300.